The number of nitro benzene ring substituents is 1. The Labute approximate surface area is 84.7 Å². The SMILES string of the molecule is O=[N+]([O-])c1ccccc1COP(=O)([O-])O. The Morgan fingerprint density at radius 2 is 2.07 bits per heavy atom. The van der Waals surface area contributed by atoms with E-state index in [9.17, 15) is 19.6 Å². The molecule has 0 heterocycles. The van der Waals surface area contributed by atoms with E-state index in [1.807, 2.05) is 0 Å². The molecule has 0 saturated carbocycles. The van der Waals surface area contributed by atoms with Gasteiger partial charge >= 0.3 is 0 Å². The van der Waals surface area contributed by atoms with Crippen LogP contribution >= 0.6 is 7.82 Å². The molecule has 1 rings (SSSR count). The summed E-state index contributed by atoms with van der Waals surface area (Å²) in [4.78, 5) is 28.4. The molecule has 0 aliphatic heterocycles. The van der Waals surface area contributed by atoms with Crippen LogP contribution < -0.4 is 4.89 Å². The van der Waals surface area contributed by atoms with Crippen molar-refractivity contribution < 1.29 is 23.8 Å². The second-order valence-corrected chi connectivity index (χ2v) is 3.82. The fourth-order valence-electron chi connectivity index (χ4n) is 0.962. The zero-order valence-corrected chi connectivity index (χ0v) is 8.29. The van der Waals surface area contributed by atoms with Gasteiger partial charge in [0.25, 0.3) is 13.5 Å². The molecule has 0 radical (unpaired) electrons. The summed E-state index contributed by atoms with van der Waals surface area (Å²) in [6.45, 7) is -0.561. The molecule has 0 spiro atoms. The highest BCUT2D eigenvalue weighted by Gasteiger charge is 2.13. The normalized spacial score (nSPS) is 14.5. The molecule has 1 unspecified atom stereocenters. The molecule has 8 heteroatoms. The number of hydrogen-bond donors (Lipinski definition) is 1. The summed E-state index contributed by atoms with van der Waals surface area (Å²) in [6.07, 6.45) is 0. The van der Waals surface area contributed by atoms with Crippen molar-refractivity contribution in [3.63, 3.8) is 0 Å². The van der Waals surface area contributed by atoms with Crippen LogP contribution in [0.2, 0.25) is 0 Å². The van der Waals surface area contributed by atoms with Crippen LogP contribution in [0.15, 0.2) is 24.3 Å². The molecule has 7 nitrogen and oxygen atoms in total. The second kappa shape index (κ2) is 4.50. The number of benzene rings is 1. The van der Waals surface area contributed by atoms with Crippen molar-refractivity contribution in [2.75, 3.05) is 0 Å². The number of phosphoric ester groups is 1. The molecule has 1 N–H and O–H groups in total. The highest BCUT2D eigenvalue weighted by Crippen LogP contribution is 2.33. The van der Waals surface area contributed by atoms with Crippen molar-refractivity contribution in [1.29, 1.82) is 0 Å². The van der Waals surface area contributed by atoms with E-state index in [0.717, 1.165) is 0 Å². The van der Waals surface area contributed by atoms with Gasteiger partial charge in [-0.05, 0) is 6.07 Å². The van der Waals surface area contributed by atoms with Crippen molar-refractivity contribution in [2.24, 2.45) is 0 Å². The quantitative estimate of drug-likeness (QED) is 0.461. The van der Waals surface area contributed by atoms with Crippen LogP contribution in [0, 0.1) is 10.1 Å². The van der Waals surface area contributed by atoms with E-state index >= 15 is 0 Å². The first-order chi connectivity index (χ1) is 6.90. The fraction of sp³-hybridized carbons (Fsp3) is 0.143. The van der Waals surface area contributed by atoms with Crippen LogP contribution in [0.5, 0.6) is 0 Å². The minimum absolute atomic E-state index is 0.0765. The van der Waals surface area contributed by atoms with Crippen LogP contribution in [0.1, 0.15) is 5.56 Å². The van der Waals surface area contributed by atoms with Gasteiger partial charge in [-0.1, -0.05) is 12.1 Å². The maximum absolute atomic E-state index is 10.5. The highest BCUT2D eigenvalue weighted by molar-refractivity contribution is 7.44. The number of nitrogens with zero attached hydrogens (tertiary/aromatic N) is 1. The number of para-hydroxylation sites is 1. The summed E-state index contributed by atoms with van der Waals surface area (Å²) in [6, 6.07) is 5.50. The molecule has 82 valence electrons. The van der Waals surface area contributed by atoms with Gasteiger partial charge in [0.05, 0.1) is 17.1 Å². The molecule has 0 aliphatic carbocycles. The summed E-state index contributed by atoms with van der Waals surface area (Å²) in [5.41, 5.74) is -0.182. The molecule has 1 atom stereocenters. The van der Waals surface area contributed by atoms with Crippen molar-refractivity contribution in [2.45, 2.75) is 6.61 Å². The minimum Gasteiger partial charge on any atom is -0.756 e. The maximum atomic E-state index is 10.5. The van der Waals surface area contributed by atoms with E-state index in [-0.39, 0.29) is 11.3 Å². The van der Waals surface area contributed by atoms with Crippen LogP contribution in [-0.4, -0.2) is 9.82 Å². The summed E-state index contributed by atoms with van der Waals surface area (Å²) >= 11 is 0. The molecule has 1 aromatic rings. The summed E-state index contributed by atoms with van der Waals surface area (Å²) in [7, 11) is -4.85. The zero-order valence-electron chi connectivity index (χ0n) is 7.40. The number of phosphoric acid groups is 1. The molecule has 0 fully saturated rings. The van der Waals surface area contributed by atoms with Crippen molar-refractivity contribution in [3.8, 4) is 0 Å². The fourth-order valence-corrected chi connectivity index (χ4v) is 1.26. The Kier molecular flexibility index (Phi) is 3.54. The standard InChI is InChI=1S/C7H8NO6P/c9-8(10)7-4-2-1-3-6(7)5-14-15(11,12)13/h1-4H,5H2,(H2,11,12,13)/p-1. The van der Waals surface area contributed by atoms with Gasteiger partial charge in [-0.3, -0.25) is 14.7 Å². The van der Waals surface area contributed by atoms with Gasteiger partial charge in [-0.25, -0.2) is 0 Å². The first-order valence-electron chi connectivity index (χ1n) is 3.81. The van der Waals surface area contributed by atoms with Crippen LogP contribution in [-0.2, 0) is 15.7 Å². The zero-order chi connectivity index (χ0) is 11.5. The Bertz CT molecular complexity index is 414. The Morgan fingerprint density at radius 3 is 2.60 bits per heavy atom. The van der Waals surface area contributed by atoms with E-state index in [1.165, 1.54) is 24.3 Å². The van der Waals surface area contributed by atoms with Gasteiger partial charge in [0, 0.05) is 6.07 Å². The van der Waals surface area contributed by atoms with E-state index in [1.54, 1.807) is 0 Å². The third-order valence-corrected chi connectivity index (χ3v) is 2.03. The maximum Gasteiger partial charge on any atom is 0.274 e. The molecule has 0 aromatic heterocycles. The van der Waals surface area contributed by atoms with Gasteiger partial charge in [-0.2, -0.15) is 0 Å². The molecular formula is C7H7NO6P-. The first-order valence-corrected chi connectivity index (χ1v) is 5.30. The molecule has 1 aromatic carbocycles. The molecule has 0 bridgehead atoms. The minimum atomic E-state index is -4.85. The first kappa shape index (κ1) is 11.8. The predicted molar refractivity (Wildman–Crippen MR) is 47.7 cm³/mol. The molecule has 0 aliphatic rings. The molecule has 0 amide bonds. The monoisotopic (exact) mass is 232 g/mol. The van der Waals surface area contributed by atoms with Gasteiger partial charge in [-0.15, -0.1) is 0 Å². The van der Waals surface area contributed by atoms with Gasteiger partial charge in [0.2, 0.25) is 0 Å². The van der Waals surface area contributed by atoms with E-state index in [4.69, 9.17) is 4.89 Å². The molecule has 15 heavy (non-hydrogen) atoms. The number of nitro groups is 1. The lowest BCUT2D eigenvalue weighted by molar-refractivity contribution is -0.385. The summed E-state index contributed by atoms with van der Waals surface area (Å²) in [5.74, 6) is 0. The van der Waals surface area contributed by atoms with Gasteiger partial charge < -0.3 is 14.3 Å². The topological polar surface area (TPSA) is 113 Å². The largest absolute Gasteiger partial charge is 0.756 e. The lowest BCUT2D eigenvalue weighted by Gasteiger charge is -2.15. The van der Waals surface area contributed by atoms with Crippen molar-refractivity contribution in [1.82, 2.24) is 0 Å². The predicted octanol–water partition coefficient (Wildman–Crippen LogP) is 0.572. The third-order valence-electron chi connectivity index (χ3n) is 1.57. The van der Waals surface area contributed by atoms with Gasteiger partial charge in [0.1, 0.15) is 0 Å². The summed E-state index contributed by atoms with van der Waals surface area (Å²) in [5, 5.41) is 10.5. The smallest absolute Gasteiger partial charge is 0.274 e. The van der Waals surface area contributed by atoms with Crippen LogP contribution in [0.25, 0.3) is 0 Å². The summed E-state index contributed by atoms with van der Waals surface area (Å²) < 4.78 is 14.3. The Morgan fingerprint density at radius 1 is 1.47 bits per heavy atom. The average Bonchev–Trinajstić information content (AvgIpc) is 2.14. The lowest BCUT2D eigenvalue weighted by atomic mass is 10.2. The Balaban J connectivity index is 2.85. The lowest BCUT2D eigenvalue weighted by Crippen LogP contribution is -2.04. The van der Waals surface area contributed by atoms with E-state index in [0.29, 0.717) is 0 Å². The van der Waals surface area contributed by atoms with Crippen LogP contribution in [0.4, 0.5) is 5.69 Å². The Hall–Kier alpha value is -1.27. The molecular weight excluding hydrogens is 225 g/mol. The second-order valence-electron chi connectivity index (χ2n) is 2.63. The van der Waals surface area contributed by atoms with Crippen molar-refractivity contribution >= 4 is 13.5 Å². The van der Waals surface area contributed by atoms with Gasteiger partial charge in [0.15, 0.2) is 0 Å². The highest BCUT2D eigenvalue weighted by atomic mass is 31.2. The number of rotatable bonds is 4. The van der Waals surface area contributed by atoms with E-state index in [2.05, 4.69) is 4.52 Å². The third kappa shape index (κ3) is 3.77. The van der Waals surface area contributed by atoms with Crippen molar-refractivity contribution in [3.05, 3.63) is 39.9 Å². The van der Waals surface area contributed by atoms with E-state index < -0.39 is 19.4 Å². The van der Waals surface area contributed by atoms with Crippen LogP contribution in [0.3, 0.4) is 0 Å². The molecule has 0 saturated heterocycles. The number of hydrogen-bond acceptors (Lipinski definition) is 5. The average molecular weight is 232 g/mol.